The highest BCUT2D eigenvalue weighted by atomic mass is 32.1. The second-order valence-electron chi connectivity index (χ2n) is 7.91. The Morgan fingerprint density at radius 1 is 1.19 bits per heavy atom. The van der Waals surface area contributed by atoms with E-state index in [9.17, 15) is 4.79 Å². The zero-order chi connectivity index (χ0) is 19.1. The van der Waals surface area contributed by atoms with Gasteiger partial charge in [0.25, 0.3) is 0 Å². The van der Waals surface area contributed by atoms with Crippen molar-refractivity contribution in [2.75, 3.05) is 5.32 Å². The first-order valence-electron chi connectivity index (χ1n) is 8.68. The fourth-order valence-electron chi connectivity index (χ4n) is 2.85. The third-order valence-corrected chi connectivity index (χ3v) is 4.96. The van der Waals surface area contributed by atoms with Crippen molar-refractivity contribution < 1.29 is 4.79 Å². The number of hydrogen-bond donors (Lipinski definition) is 1. The van der Waals surface area contributed by atoms with E-state index < -0.39 is 0 Å². The number of aryl methyl sites for hydroxylation is 3. The van der Waals surface area contributed by atoms with Crippen LogP contribution in [0.4, 0.5) is 5.82 Å². The molecule has 26 heavy (non-hydrogen) atoms. The summed E-state index contributed by atoms with van der Waals surface area (Å²) in [5.41, 5.74) is 4.36. The first kappa shape index (κ1) is 18.5. The van der Waals surface area contributed by atoms with Crippen molar-refractivity contribution in [1.82, 2.24) is 19.5 Å². The minimum Gasteiger partial charge on any atom is -0.322 e. The average molecular weight is 372 g/mol. The van der Waals surface area contributed by atoms with E-state index in [1.165, 1.54) is 0 Å². The summed E-state index contributed by atoms with van der Waals surface area (Å²) in [7, 11) is 0. The van der Waals surface area contributed by atoms with Crippen LogP contribution in [-0.2, 0) is 11.3 Å². The molecule has 0 aliphatic heterocycles. The standard InChI is InChI=1S/C19H25N5OS/c1-11-10-26-16(20-11)9-24-12(2)7-14-18(24)21-13(3)17(22-14)23-15(25)8-19(4,5)6/h7,10H,8-9H2,1-6H3,(H,22,23,25). The fourth-order valence-corrected chi connectivity index (χ4v) is 3.60. The van der Waals surface area contributed by atoms with Gasteiger partial charge < -0.3 is 9.88 Å². The van der Waals surface area contributed by atoms with Gasteiger partial charge in [0.1, 0.15) is 10.5 Å². The van der Waals surface area contributed by atoms with Crippen molar-refractivity contribution >= 4 is 34.2 Å². The van der Waals surface area contributed by atoms with Gasteiger partial charge in [0.2, 0.25) is 5.91 Å². The molecule has 1 N–H and O–H groups in total. The largest absolute Gasteiger partial charge is 0.322 e. The number of carbonyl (C=O) groups is 1. The SMILES string of the molecule is Cc1csc(Cn2c(C)cc3nc(NC(=O)CC(C)(C)C)c(C)nc32)n1. The normalized spacial score (nSPS) is 11.9. The van der Waals surface area contributed by atoms with Crippen molar-refractivity contribution in [3.05, 3.63) is 33.5 Å². The van der Waals surface area contributed by atoms with E-state index in [1.54, 1.807) is 11.3 Å². The average Bonchev–Trinajstić information content (AvgIpc) is 3.03. The minimum absolute atomic E-state index is 0.0383. The molecule has 0 aromatic carbocycles. The summed E-state index contributed by atoms with van der Waals surface area (Å²) in [6.07, 6.45) is 0.440. The molecule has 138 valence electrons. The molecule has 0 unspecified atom stereocenters. The van der Waals surface area contributed by atoms with Gasteiger partial charge in [-0.3, -0.25) is 4.79 Å². The van der Waals surface area contributed by atoms with Gasteiger partial charge in [-0.1, -0.05) is 20.8 Å². The van der Waals surface area contributed by atoms with Crippen LogP contribution in [0.2, 0.25) is 0 Å². The van der Waals surface area contributed by atoms with Crippen LogP contribution in [0.15, 0.2) is 11.4 Å². The Kier molecular flexibility index (Phi) is 4.84. The fraction of sp³-hybridized carbons (Fsp3) is 0.474. The Balaban J connectivity index is 1.91. The number of nitrogens with one attached hydrogen (secondary N) is 1. The smallest absolute Gasteiger partial charge is 0.226 e. The van der Waals surface area contributed by atoms with Crippen LogP contribution < -0.4 is 5.32 Å². The molecule has 3 aromatic heterocycles. The molecule has 0 spiro atoms. The predicted octanol–water partition coefficient (Wildman–Crippen LogP) is 4.24. The molecule has 7 heteroatoms. The number of hydrogen-bond acceptors (Lipinski definition) is 5. The van der Waals surface area contributed by atoms with Gasteiger partial charge in [0.15, 0.2) is 11.5 Å². The molecule has 3 rings (SSSR count). The van der Waals surface area contributed by atoms with E-state index in [0.29, 0.717) is 18.8 Å². The summed E-state index contributed by atoms with van der Waals surface area (Å²) < 4.78 is 2.12. The quantitative estimate of drug-likeness (QED) is 0.745. The van der Waals surface area contributed by atoms with Gasteiger partial charge in [-0.25, -0.2) is 15.0 Å². The zero-order valence-electron chi connectivity index (χ0n) is 16.2. The second-order valence-corrected chi connectivity index (χ2v) is 8.85. The number of anilines is 1. The lowest BCUT2D eigenvalue weighted by Gasteiger charge is -2.17. The highest BCUT2D eigenvalue weighted by Crippen LogP contribution is 2.24. The molecule has 6 nitrogen and oxygen atoms in total. The number of aromatic nitrogens is 4. The molecule has 3 heterocycles. The van der Waals surface area contributed by atoms with Crippen LogP contribution >= 0.6 is 11.3 Å². The Hall–Kier alpha value is -2.28. The maximum absolute atomic E-state index is 12.2. The molecule has 3 aromatic rings. The van der Waals surface area contributed by atoms with E-state index in [2.05, 4.69) is 25.2 Å². The molecular weight excluding hydrogens is 346 g/mol. The summed E-state index contributed by atoms with van der Waals surface area (Å²) in [6, 6.07) is 2.00. The number of rotatable bonds is 4. The van der Waals surface area contributed by atoms with Gasteiger partial charge in [-0.05, 0) is 32.3 Å². The molecule has 0 saturated heterocycles. The molecule has 0 saturated carbocycles. The number of nitrogens with zero attached hydrogens (tertiary/aromatic N) is 4. The van der Waals surface area contributed by atoms with Crippen LogP contribution in [0, 0.1) is 26.2 Å². The lowest BCUT2D eigenvalue weighted by molar-refractivity contribution is -0.117. The van der Waals surface area contributed by atoms with Crippen molar-refractivity contribution in [3.63, 3.8) is 0 Å². The maximum Gasteiger partial charge on any atom is 0.226 e. The molecule has 0 fully saturated rings. The van der Waals surface area contributed by atoms with Crippen LogP contribution in [0.5, 0.6) is 0 Å². The predicted molar refractivity (Wildman–Crippen MR) is 106 cm³/mol. The molecule has 0 bridgehead atoms. The molecule has 0 atom stereocenters. The topological polar surface area (TPSA) is 72.7 Å². The van der Waals surface area contributed by atoms with E-state index in [0.717, 1.165) is 33.3 Å². The van der Waals surface area contributed by atoms with Crippen molar-refractivity contribution in [3.8, 4) is 0 Å². The molecule has 1 amide bonds. The van der Waals surface area contributed by atoms with E-state index >= 15 is 0 Å². The lowest BCUT2D eigenvalue weighted by Crippen LogP contribution is -2.21. The van der Waals surface area contributed by atoms with Crippen LogP contribution in [-0.4, -0.2) is 25.4 Å². The van der Waals surface area contributed by atoms with Gasteiger partial charge in [0.05, 0.1) is 12.2 Å². The van der Waals surface area contributed by atoms with Crippen LogP contribution in [0.3, 0.4) is 0 Å². The highest BCUT2D eigenvalue weighted by molar-refractivity contribution is 7.09. The summed E-state index contributed by atoms with van der Waals surface area (Å²) in [4.78, 5) is 26.1. The highest BCUT2D eigenvalue weighted by Gasteiger charge is 2.19. The summed E-state index contributed by atoms with van der Waals surface area (Å²) >= 11 is 1.65. The van der Waals surface area contributed by atoms with Crippen molar-refractivity contribution in [2.45, 2.75) is 54.5 Å². The number of thiazole rings is 1. The third-order valence-electron chi connectivity index (χ3n) is 4.01. The Morgan fingerprint density at radius 2 is 1.92 bits per heavy atom. The first-order chi connectivity index (χ1) is 12.1. The van der Waals surface area contributed by atoms with E-state index in [1.807, 2.05) is 47.6 Å². The number of fused-ring (bicyclic) bond motifs is 1. The minimum atomic E-state index is -0.0682. The second kappa shape index (κ2) is 6.79. The van der Waals surface area contributed by atoms with Gasteiger partial charge in [-0.2, -0.15) is 0 Å². The van der Waals surface area contributed by atoms with E-state index in [4.69, 9.17) is 4.98 Å². The Bertz CT molecular complexity index is 964. The monoisotopic (exact) mass is 371 g/mol. The lowest BCUT2D eigenvalue weighted by atomic mass is 9.92. The van der Waals surface area contributed by atoms with Gasteiger partial charge >= 0.3 is 0 Å². The van der Waals surface area contributed by atoms with Gasteiger partial charge in [-0.15, -0.1) is 11.3 Å². The summed E-state index contributed by atoms with van der Waals surface area (Å²) in [5.74, 6) is 0.498. The molecule has 0 aliphatic rings. The number of amides is 1. The van der Waals surface area contributed by atoms with E-state index in [-0.39, 0.29) is 11.3 Å². The Morgan fingerprint density at radius 3 is 2.54 bits per heavy atom. The summed E-state index contributed by atoms with van der Waals surface area (Å²) in [6.45, 7) is 12.7. The van der Waals surface area contributed by atoms with Gasteiger partial charge in [0, 0.05) is 23.2 Å². The number of carbonyl (C=O) groups excluding carboxylic acids is 1. The molecule has 0 aliphatic carbocycles. The molecule has 0 radical (unpaired) electrons. The third kappa shape index (κ3) is 4.09. The van der Waals surface area contributed by atoms with Crippen molar-refractivity contribution in [1.29, 1.82) is 0 Å². The zero-order valence-corrected chi connectivity index (χ0v) is 17.0. The maximum atomic E-state index is 12.2. The molecular formula is C19H25N5OS. The summed E-state index contributed by atoms with van der Waals surface area (Å²) in [5, 5.41) is 6.01. The Labute approximate surface area is 157 Å². The van der Waals surface area contributed by atoms with Crippen LogP contribution in [0.25, 0.3) is 11.2 Å². The van der Waals surface area contributed by atoms with Crippen LogP contribution in [0.1, 0.15) is 49.3 Å². The first-order valence-corrected chi connectivity index (χ1v) is 9.56. The van der Waals surface area contributed by atoms with Crippen molar-refractivity contribution in [2.24, 2.45) is 5.41 Å².